The van der Waals surface area contributed by atoms with E-state index in [1.165, 1.54) is 6.07 Å². The molecular weight excluding hydrogens is 245 g/mol. The van der Waals surface area contributed by atoms with Crippen molar-refractivity contribution in [2.75, 3.05) is 5.32 Å². The van der Waals surface area contributed by atoms with Crippen LogP contribution in [0.1, 0.15) is 21.5 Å². The highest BCUT2D eigenvalue weighted by Crippen LogP contribution is 2.19. The van der Waals surface area contributed by atoms with Gasteiger partial charge in [0.25, 0.3) is 0 Å². The van der Waals surface area contributed by atoms with Gasteiger partial charge in [0.1, 0.15) is 11.4 Å². The first-order valence-corrected chi connectivity index (χ1v) is 5.89. The van der Waals surface area contributed by atoms with Crippen LogP contribution >= 0.6 is 0 Å². The van der Waals surface area contributed by atoms with Gasteiger partial charge in [-0.3, -0.25) is 0 Å². The largest absolute Gasteiger partial charge is 0.478 e. The normalized spacial score (nSPS) is 10.2. The van der Waals surface area contributed by atoms with E-state index in [-0.39, 0.29) is 11.3 Å². The first-order chi connectivity index (χ1) is 9.08. The Labute approximate surface area is 110 Å². The van der Waals surface area contributed by atoms with E-state index in [0.29, 0.717) is 6.54 Å². The van der Waals surface area contributed by atoms with Crippen LogP contribution in [0.3, 0.4) is 0 Å². The van der Waals surface area contributed by atoms with Gasteiger partial charge in [-0.05, 0) is 24.6 Å². The van der Waals surface area contributed by atoms with Crippen LogP contribution in [0.5, 0.6) is 0 Å². The van der Waals surface area contributed by atoms with Gasteiger partial charge in [0.05, 0.1) is 5.69 Å². The summed E-state index contributed by atoms with van der Waals surface area (Å²) in [6.45, 7) is 2.44. The molecule has 0 aliphatic rings. The molecule has 2 N–H and O–H groups in total. The van der Waals surface area contributed by atoms with Crippen molar-refractivity contribution in [1.82, 2.24) is 0 Å². The highest BCUT2D eigenvalue weighted by molar-refractivity contribution is 5.94. The summed E-state index contributed by atoms with van der Waals surface area (Å²) in [4.78, 5) is 11.0. The molecule has 0 spiro atoms. The van der Waals surface area contributed by atoms with Crippen molar-refractivity contribution in [3.8, 4) is 0 Å². The van der Waals surface area contributed by atoms with Crippen molar-refractivity contribution in [3.63, 3.8) is 0 Å². The van der Waals surface area contributed by atoms with Crippen molar-refractivity contribution in [3.05, 3.63) is 65.0 Å². The van der Waals surface area contributed by atoms with Gasteiger partial charge in [0.15, 0.2) is 0 Å². The first kappa shape index (κ1) is 13.1. The third-order valence-corrected chi connectivity index (χ3v) is 2.83. The molecule has 2 rings (SSSR count). The number of rotatable bonds is 4. The van der Waals surface area contributed by atoms with Crippen LogP contribution in [0.15, 0.2) is 42.5 Å². The Morgan fingerprint density at radius 2 is 1.89 bits per heavy atom. The third-order valence-electron chi connectivity index (χ3n) is 2.83. The summed E-state index contributed by atoms with van der Waals surface area (Å²) in [6, 6.07) is 12.0. The summed E-state index contributed by atoms with van der Waals surface area (Å²) in [5.41, 5.74) is 2.12. The molecule has 0 aliphatic carbocycles. The van der Waals surface area contributed by atoms with Gasteiger partial charge in [-0.1, -0.05) is 35.9 Å². The number of carbonyl (C=O) groups is 1. The van der Waals surface area contributed by atoms with Gasteiger partial charge in [-0.15, -0.1) is 0 Å². The molecule has 4 heteroatoms. The SMILES string of the molecule is Cc1ccc(CNc2cccc(F)c2C(=O)O)cc1. The Morgan fingerprint density at radius 1 is 1.21 bits per heavy atom. The fourth-order valence-corrected chi connectivity index (χ4v) is 1.79. The zero-order valence-corrected chi connectivity index (χ0v) is 10.5. The molecule has 0 amide bonds. The Hall–Kier alpha value is -2.36. The smallest absolute Gasteiger partial charge is 0.340 e. The minimum absolute atomic E-state index is 0.285. The Kier molecular flexibility index (Phi) is 3.80. The van der Waals surface area contributed by atoms with Crippen LogP contribution in [-0.2, 0) is 6.54 Å². The predicted molar refractivity (Wildman–Crippen MR) is 71.9 cm³/mol. The third kappa shape index (κ3) is 3.10. The molecule has 0 bridgehead atoms. The number of hydrogen-bond acceptors (Lipinski definition) is 2. The van der Waals surface area contributed by atoms with Crippen molar-refractivity contribution in [1.29, 1.82) is 0 Å². The lowest BCUT2D eigenvalue weighted by Crippen LogP contribution is -2.08. The molecule has 3 nitrogen and oxygen atoms in total. The van der Waals surface area contributed by atoms with Crippen molar-refractivity contribution in [2.45, 2.75) is 13.5 Å². The number of benzene rings is 2. The Morgan fingerprint density at radius 3 is 2.53 bits per heavy atom. The molecule has 0 saturated heterocycles. The van der Waals surface area contributed by atoms with Crippen LogP contribution in [0.2, 0.25) is 0 Å². The summed E-state index contributed by atoms with van der Waals surface area (Å²) in [6.07, 6.45) is 0. The molecule has 0 aromatic heterocycles. The minimum Gasteiger partial charge on any atom is -0.478 e. The quantitative estimate of drug-likeness (QED) is 0.884. The summed E-state index contributed by atoms with van der Waals surface area (Å²) in [7, 11) is 0. The number of hydrogen-bond donors (Lipinski definition) is 2. The van der Waals surface area contributed by atoms with Gasteiger partial charge in [0.2, 0.25) is 0 Å². The number of aromatic carboxylic acids is 1. The second-order valence-corrected chi connectivity index (χ2v) is 4.31. The molecule has 2 aromatic rings. The number of aryl methyl sites for hydroxylation is 1. The molecule has 0 radical (unpaired) electrons. The van der Waals surface area contributed by atoms with Crippen LogP contribution in [-0.4, -0.2) is 11.1 Å². The van der Waals surface area contributed by atoms with E-state index >= 15 is 0 Å². The fraction of sp³-hybridized carbons (Fsp3) is 0.133. The molecule has 0 unspecified atom stereocenters. The first-order valence-electron chi connectivity index (χ1n) is 5.89. The van der Waals surface area contributed by atoms with Crippen molar-refractivity contribution in [2.24, 2.45) is 0 Å². The molecule has 0 saturated carbocycles. The van der Waals surface area contributed by atoms with Crippen LogP contribution in [0.25, 0.3) is 0 Å². The van der Waals surface area contributed by atoms with E-state index < -0.39 is 11.8 Å². The number of halogens is 1. The van der Waals surface area contributed by atoms with Gasteiger partial charge >= 0.3 is 5.97 Å². The second-order valence-electron chi connectivity index (χ2n) is 4.31. The summed E-state index contributed by atoms with van der Waals surface area (Å²) < 4.78 is 13.5. The lowest BCUT2D eigenvalue weighted by molar-refractivity contribution is 0.0693. The van der Waals surface area contributed by atoms with Crippen molar-refractivity contribution >= 4 is 11.7 Å². The van der Waals surface area contributed by atoms with Gasteiger partial charge in [0, 0.05) is 6.54 Å². The zero-order valence-electron chi connectivity index (χ0n) is 10.5. The molecule has 0 heterocycles. The Balaban J connectivity index is 2.18. The van der Waals surface area contributed by atoms with Crippen LogP contribution in [0, 0.1) is 12.7 Å². The van der Waals surface area contributed by atoms with E-state index in [9.17, 15) is 9.18 Å². The maximum Gasteiger partial charge on any atom is 0.340 e. The predicted octanol–water partition coefficient (Wildman–Crippen LogP) is 3.44. The molecule has 19 heavy (non-hydrogen) atoms. The maximum absolute atomic E-state index is 13.5. The summed E-state index contributed by atoms with van der Waals surface area (Å²) in [5, 5.41) is 12.0. The van der Waals surface area contributed by atoms with Crippen LogP contribution < -0.4 is 5.32 Å². The second kappa shape index (κ2) is 5.52. The average molecular weight is 259 g/mol. The van der Waals surface area contributed by atoms with E-state index in [2.05, 4.69) is 5.32 Å². The molecule has 0 atom stereocenters. The standard InChI is InChI=1S/C15H14FNO2/c1-10-5-7-11(8-6-10)9-17-13-4-2-3-12(16)14(13)15(18)19/h2-8,17H,9H2,1H3,(H,18,19). The lowest BCUT2D eigenvalue weighted by Gasteiger charge is -2.10. The molecule has 0 fully saturated rings. The van der Waals surface area contributed by atoms with Gasteiger partial charge < -0.3 is 10.4 Å². The number of anilines is 1. The lowest BCUT2D eigenvalue weighted by atomic mass is 10.1. The van der Waals surface area contributed by atoms with E-state index in [1.807, 2.05) is 31.2 Å². The summed E-state index contributed by atoms with van der Waals surface area (Å²) >= 11 is 0. The number of carboxylic acids is 1. The van der Waals surface area contributed by atoms with Gasteiger partial charge in [-0.25, -0.2) is 9.18 Å². The van der Waals surface area contributed by atoms with E-state index in [4.69, 9.17) is 5.11 Å². The van der Waals surface area contributed by atoms with Crippen molar-refractivity contribution < 1.29 is 14.3 Å². The van der Waals surface area contributed by atoms with E-state index in [0.717, 1.165) is 17.2 Å². The van der Waals surface area contributed by atoms with E-state index in [1.54, 1.807) is 6.07 Å². The summed E-state index contributed by atoms with van der Waals surface area (Å²) in [5.74, 6) is -2.01. The molecule has 98 valence electrons. The zero-order chi connectivity index (χ0) is 13.8. The minimum atomic E-state index is -1.27. The average Bonchev–Trinajstić information content (AvgIpc) is 2.37. The Bertz CT molecular complexity index is 594. The number of carboxylic acid groups (broad SMARTS) is 1. The monoisotopic (exact) mass is 259 g/mol. The molecule has 0 aliphatic heterocycles. The maximum atomic E-state index is 13.5. The highest BCUT2D eigenvalue weighted by Gasteiger charge is 2.15. The number of nitrogens with one attached hydrogen (secondary N) is 1. The fourth-order valence-electron chi connectivity index (χ4n) is 1.79. The molecule has 2 aromatic carbocycles. The van der Waals surface area contributed by atoms with Crippen LogP contribution in [0.4, 0.5) is 10.1 Å². The van der Waals surface area contributed by atoms with Gasteiger partial charge in [-0.2, -0.15) is 0 Å². The highest BCUT2D eigenvalue weighted by atomic mass is 19.1. The molecular formula is C15H14FNO2. The topological polar surface area (TPSA) is 49.3 Å².